The Morgan fingerprint density at radius 3 is 2.40 bits per heavy atom. The zero-order chi connectivity index (χ0) is 18.8. The maximum absolute atomic E-state index is 12.6. The Hall–Kier alpha value is -2.63. The minimum absolute atomic E-state index is 0.185. The number of aromatic nitrogens is 2. The Labute approximate surface area is 147 Å². The maximum atomic E-state index is 12.6. The van der Waals surface area contributed by atoms with Gasteiger partial charge in [-0.3, -0.25) is 14.3 Å². The highest BCUT2D eigenvalue weighted by molar-refractivity contribution is 5.93. The maximum Gasteiger partial charge on any atom is 0.305 e. The van der Waals surface area contributed by atoms with Crippen LogP contribution in [0.2, 0.25) is 0 Å². The van der Waals surface area contributed by atoms with Gasteiger partial charge >= 0.3 is 5.97 Å². The first-order chi connectivity index (χ1) is 11.6. The molecule has 25 heavy (non-hydrogen) atoms. The summed E-state index contributed by atoms with van der Waals surface area (Å²) in [5.74, 6) is -1.34. The fourth-order valence-electron chi connectivity index (χ4n) is 2.89. The van der Waals surface area contributed by atoms with Gasteiger partial charge in [0.15, 0.2) is 0 Å². The van der Waals surface area contributed by atoms with E-state index in [9.17, 15) is 14.7 Å². The molecule has 2 rings (SSSR count). The summed E-state index contributed by atoms with van der Waals surface area (Å²) in [6, 6.07) is 8.56. The van der Waals surface area contributed by atoms with Gasteiger partial charge in [0.1, 0.15) is 5.69 Å². The van der Waals surface area contributed by atoms with Crippen LogP contribution in [0.1, 0.15) is 60.5 Å². The lowest BCUT2D eigenvalue weighted by Gasteiger charge is -2.21. The van der Waals surface area contributed by atoms with Gasteiger partial charge in [-0.15, -0.1) is 0 Å². The molecule has 1 heterocycles. The molecule has 1 aromatic heterocycles. The normalized spacial score (nSPS) is 12.7. The summed E-state index contributed by atoms with van der Waals surface area (Å²) in [5, 5.41) is 16.4. The molecule has 0 fully saturated rings. The molecule has 2 N–H and O–H groups in total. The molecular formula is C19H25N3O3. The van der Waals surface area contributed by atoms with E-state index in [1.807, 2.05) is 58.9 Å². The number of hydrogen-bond acceptors (Lipinski definition) is 3. The lowest BCUT2D eigenvalue weighted by molar-refractivity contribution is -0.137. The Bertz CT molecular complexity index is 787. The van der Waals surface area contributed by atoms with Crippen LogP contribution in [0.4, 0.5) is 0 Å². The van der Waals surface area contributed by atoms with Gasteiger partial charge in [-0.2, -0.15) is 5.10 Å². The molecule has 0 saturated carbocycles. The van der Waals surface area contributed by atoms with Crippen LogP contribution < -0.4 is 5.32 Å². The Kier molecular flexibility index (Phi) is 5.30. The van der Waals surface area contributed by atoms with Gasteiger partial charge in [0.2, 0.25) is 0 Å². The van der Waals surface area contributed by atoms with Gasteiger partial charge < -0.3 is 10.4 Å². The SMILES string of the molecule is Cc1ccccc1[C@H](CC(=O)O)NC(=O)c1cc(C)n(C(C)(C)C)n1. The number of rotatable bonds is 5. The van der Waals surface area contributed by atoms with Crippen molar-refractivity contribution in [2.75, 3.05) is 0 Å². The number of benzene rings is 1. The van der Waals surface area contributed by atoms with Gasteiger partial charge in [0.05, 0.1) is 18.0 Å². The standard InChI is InChI=1S/C19H25N3O3/c1-12-8-6-7-9-14(12)15(11-17(23)24)20-18(25)16-10-13(2)22(21-16)19(3,4)5/h6-10,15H,11H2,1-5H3,(H,20,25)(H,23,24)/t15-/m0/s1. The van der Waals surface area contributed by atoms with Crippen LogP contribution >= 0.6 is 0 Å². The van der Waals surface area contributed by atoms with Crippen molar-refractivity contribution in [3.8, 4) is 0 Å². The Morgan fingerprint density at radius 2 is 1.88 bits per heavy atom. The molecule has 1 aromatic carbocycles. The van der Waals surface area contributed by atoms with E-state index >= 15 is 0 Å². The third-order valence-electron chi connectivity index (χ3n) is 4.00. The molecule has 1 atom stereocenters. The van der Waals surface area contributed by atoms with Crippen LogP contribution in [0.5, 0.6) is 0 Å². The van der Waals surface area contributed by atoms with E-state index in [0.717, 1.165) is 16.8 Å². The van der Waals surface area contributed by atoms with Crippen molar-refractivity contribution in [3.63, 3.8) is 0 Å². The second-order valence-corrected chi connectivity index (χ2v) is 7.23. The number of amides is 1. The molecule has 6 nitrogen and oxygen atoms in total. The number of nitrogens with one attached hydrogen (secondary N) is 1. The third-order valence-corrected chi connectivity index (χ3v) is 4.00. The number of carboxylic acid groups (broad SMARTS) is 1. The van der Waals surface area contributed by atoms with Crippen LogP contribution in [-0.4, -0.2) is 26.8 Å². The lowest BCUT2D eigenvalue weighted by atomic mass is 9.98. The van der Waals surface area contributed by atoms with Crippen molar-refractivity contribution in [2.24, 2.45) is 0 Å². The van der Waals surface area contributed by atoms with Gasteiger partial charge in [0.25, 0.3) is 5.91 Å². The summed E-state index contributed by atoms with van der Waals surface area (Å²) >= 11 is 0. The molecule has 0 radical (unpaired) electrons. The largest absolute Gasteiger partial charge is 0.481 e. The third kappa shape index (κ3) is 4.47. The van der Waals surface area contributed by atoms with E-state index in [2.05, 4.69) is 10.4 Å². The molecule has 1 amide bonds. The smallest absolute Gasteiger partial charge is 0.305 e. The number of carbonyl (C=O) groups excluding carboxylic acids is 1. The molecular weight excluding hydrogens is 318 g/mol. The molecule has 0 spiro atoms. The summed E-state index contributed by atoms with van der Waals surface area (Å²) in [6.07, 6.45) is -0.185. The predicted molar refractivity (Wildman–Crippen MR) is 95.6 cm³/mol. The monoisotopic (exact) mass is 343 g/mol. The first-order valence-corrected chi connectivity index (χ1v) is 8.25. The lowest BCUT2D eigenvalue weighted by Crippen LogP contribution is -2.31. The quantitative estimate of drug-likeness (QED) is 0.873. The molecule has 0 saturated heterocycles. The van der Waals surface area contributed by atoms with Crippen LogP contribution in [-0.2, 0) is 10.3 Å². The highest BCUT2D eigenvalue weighted by atomic mass is 16.4. The second kappa shape index (κ2) is 7.09. The topological polar surface area (TPSA) is 84.2 Å². The van der Waals surface area contributed by atoms with Crippen molar-refractivity contribution < 1.29 is 14.7 Å². The van der Waals surface area contributed by atoms with Crippen LogP contribution in [0.3, 0.4) is 0 Å². The average Bonchev–Trinajstić information content (AvgIpc) is 2.89. The van der Waals surface area contributed by atoms with Gasteiger partial charge in [0, 0.05) is 5.69 Å². The molecule has 0 unspecified atom stereocenters. The summed E-state index contributed by atoms with van der Waals surface area (Å²) < 4.78 is 1.79. The minimum Gasteiger partial charge on any atom is -0.481 e. The summed E-state index contributed by atoms with van der Waals surface area (Å²) in [5.41, 5.74) is 2.66. The zero-order valence-corrected chi connectivity index (χ0v) is 15.3. The predicted octanol–water partition coefficient (Wildman–Crippen LogP) is 3.20. The molecule has 134 valence electrons. The number of hydrogen-bond donors (Lipinski definition) is 2. The van der Waals surface area contributed by atoms with Crippen molar-refractivity contribution in [3.05, 3.63) is 52.8 Å². The summed E-state index contributed by atoms with van der Waals surface area (Å²) in [4.78, 5) is 23.9. The van der Waals surface area contributed by atoms with E-state index < -0.39 is 12.0 Å². The summed E-state index contributed by atoms with van der Waals surface area (Å²) in [7, 11) is 0. The van der Waals surface area contributed by atoms with E-state index in [1.165, 1.54) is 0 Å². The minimum atomic E-state index is -0.968. The highest BCUT2D eigenvalue weighted by Gasteiger charge is 2.24. The van der Waals surface area contributed by atoms with Gasteiger partial charge in [-0.25, -0.2) is 0 Å². The molecule has 0 bridgehead atoms. The Balaban J connectivity index is 2.29. The molecule has 2 aromatic rings. The first kappa shape index (κ1) is 18.7. The van der Waals surface area contributed by atoms with Crippen molar-refractivity contribution >= 4 is 11.9 Å². The number of aryl methyl sites for hydroxylation is 2. The first-order valence-electron chi connectivity index (χ1n) is 8.25. The molecule has 0 aliphatic rings. The number of nitrogens with zero attached hydrogens (tertiary/aromatic N) is 2. The number of carbonyl (C=O) groups is 2. The second-order valence-electron chi connectivity index (χ2n) is 7.23. The Morgan fingerprint density at radius 1 is 1.24 bits per heavy atom. The van der Waals surface area contributed by atoms with Gasteiger partial charge in [-0.05, 0) is 51.8 Å². The average molecular weight is 343 g/mol. The fourth-order valence-corrected chi connectivity index (χ4v) is 2.89. The summed E-state index contributed by atoms with van der Waals surface area (Å²) in [6.45, 7) is 9.82. The molecule has 0 aliphatic carbocycles. The highest BCUT2D eigenvalue weighted by Crippen LogP contribution is 2.22. The fraction of sp³-hybridized carbons (Fsp3) is 0.421. The van der Waals surface area contributed by atoms with E-state index in [0.29, 0.717) is 0 Å². The van der Waals surface area contributed by atoms with Crippen LogP contribution in [0.25, 0.3) is 0 Å². The van der Waals surface area contributed by atoms with Crippen molar-refractivity contribution in [1.82, 2.24) is 15.1 Å². The van der Waals surface area contributed by atoms with Crippen molar-refractivity contribution in [2.45, 2.75) is 52.6 Å². The van der Waals surface area contributed by atoms with Crippen LogP contribution in [0, 0.1) is 13.8 Å². The van der Waals surface area contributed by atoms with Crippen LogP contribution in [0.15, 0.2) is 30.3 Å². The van der Waals surface area contributed by atoms with Crippen molar-refractivity contribution in [1.29, 1.82) is 0 Å². The zero-order valence-electron chi connectivity index (χ0n) is 15.3. The molecule has 6 heteroatoms. The van der Waals surface area contributed by atoms with Gasteiger partial charge in [-0.1, -0.05) is 24.3 Å². The number of aliphatic carboxylic acids is 1. The van der Waals surface area contributed by atoms with E-state index in [1.54, 1.807) is 10.7 Å². The van der Waals surface area contributed by atoms with E-state index in [-0.39, 0.29) is 23.6 Å². The molecule has 0 aliphatic heterocycles. The van der Waals surface area contributed by atoms with E-state index in [4.69, 9.17) is 0 Å². The number of carboxylic acids is 1.